The Labute approximate surface area is 148 Å². The van der Waals surface area contributed by atoms with Crippen LogP contribution < -0.4 is 4.73 Å². The van der Waals surface area contributed by atoms with Crippen molar-refractivity contribution in [2.75, 3.05) is 52.6 Å². The first-order valence-corrected chi connectivity index (χ1v) is 8.06. The Morgan fingerprint density at radius 2 is 1.54 bits per heavy atom. The SMILES string of the molecule is Cc1c(O)c(CN2CCOCC2)nc(CN2CCOCC2)[n+]1[O-].Cl. The lowest BCUT2D eigenvalue weighted by molar-refractivity contribution is -0.626. The first-order chi connectivity index (χ1) is 11.1. The molecule has 0 unspecified atom stereocenters. The second-order valence-corrected chi connectivity index (χ2v) is 5.98. The molecule has 0 amide bonds. The highest BCUT2D eigenvalue weighted by molar-refractivity contribution is 5.85. The third kappa shape index (κ3) is 4.46. The minimum Gasteiger partial charge on any atom is -0.710 e. The predicted octanol–water partition coefficient (Wildman–Crippen LogP) is -0.185. The summed E-state index contributed by atoms with van der Waals surface area (Å²) in [5, 5.41) is 22.6. The van der Waals surface area contributed by atoms with E-state index in [1.807, 2.05) is 0 Å². The van der Waals surface area contributed by atoms with Crippen molar-refractivity contribution in [3.8, 4) is 5.75 Å². The number of nitrogens with zero attached hydrogens (tertiary/aromatic N) is 4. The van der Waals surface area contributed by atoms with E-state index >= 15 is 0 Å². The average molecular weight is 361 g/mol. The molecule has 0 aliphatic carbocycles. The summed E-state index contributed by atoms with van der Waals surface area (Å²) in [6.45, 7) is 8.58. The van der Waals surface area contributed by atoms with Crippen LogP contribution in [0.1, 0.15) is 17.2 Å². The van der Waals surface area contributed by atoms with Crippen molar-refractivity contribution in [3.63, 3.8) is 0 Å². The molecule has 2 aliphatic rings. The van der Waals surface area contributed by atoms with Gasteiger partial charge in [0.25, 0.3) is 0 Å². The summed E-state index contributed by atoms with van der Waals surface area (Å²) < 4.78 is 11.4. The summed E-state index contributed by atoms with van der Waals surface area (Å²) >= 11 is 0. The Kier molecular flexibility index (Phi) is 7.00. The van der Waals surface area contributed by atoms with E-state index in [0.29, 0.717) is 56.7 Å². The summed E-state index contributed by atoms with van der Waals surface area (Å²) in [5.41, 5.74) is 0.881. The smallest absolute Gasteiger partial charge is 0.316 e. The van der Waals surface area contributed by atoms with Gasteiger partial charge in [-0.05, 0) is 4.98 Å². The van der Waals surface area contributed by atoms with Gasteiger partial charge < -0.3 is 19.8 Å². The van der Waals surface area contributed by atoms with E-state index in [-0.39, 0.29) is 18.2 Å². The summed E-state index contributed by atoms with van der Waals surface area (Å²) in [6.07, 6.45) is 0. The van der Waals surface area contributed by atoms with Gasteiger partial charge in [0, 0.05) is 33.1 Å². The van der Waals surface area contributed by atoms with Crippen LogP contribution in [0.5, 0.6) is 5.75 Å². The maximum absolute atomic E-state index is 12.3. The number of halogens is 1. The Morgan fingerprint density at radius 3 is 2.08 bits per heavy atom. The van der Waals surface area contributed by atoms with E-state index in [2.05, 4.69) is 14.8 Å². The normalized spacial score (nSPS) is 19.9. The molecule has 8 nitrogen and oxygen atoms in total. The van der Waals surface area contributed by atoms with E-state index in [0.717, 1.165) is 30.9 Å². The van der Waals surface area contributed by atoms with Crippen LogP contribution in [0, 0.1) is 12.1 Å². The van der Waals surface area contributed by atoms with Crippen molar-refractivity contribution in [2.24, 2.45) is 0 Å². The fourth-order valence-corrected chi connectivity index (χ4v) is 2.89. The molecular formula is C15H25ClN4O4. The zero-order valence-corrected chi connectivity index (χ0v) is 14.8. The number of morpholine rings is 2. The van der Waals surface area contributed by atoms with Crippen molar-refractivity contribution in [1.29, 1.82) is 0 Å². The van der Waals surface area contributed by atoms with Gasteiger partial charge in [-0.3, -0.25) is 9.80 Å². The fourth-order valence-electron chi connectivity index (χ4n) is 2.89. The van der Waals surface area contributed by atoms with E-state index in [9.17, 15) is 10.3 Å². The van der Waals surface area contributed by atoms with Gasteiger partial charge in [0.1, 0.15) is 12.2 Å². The highest BCUT2D eigenvalue weighted by Crippen LogP contribution is 2.20. The van der Waals surface area contributed by atoms with Crippen molar-refractivity contribution in [2.45, 2.75) is 20.0 Å². The summed E-state index contributed by atoms with van der Waals surface area (Å²) in [6, 6.07) is 0. The van der Waals surface area contributed by atoms with Crippen molar-refractivity contribution >= 4 is 12.4 Å². The molecule has 3 rings (SSSR count). The summed E-state index contributed by atoms with van der Waals surface area (Å²) in [7, 11) is 0. The van der Waals surface area contributed by atoms with Crippen LogP contribution >= 0.6 is 12.4 Å². The van der Waals surface area contributed by atoms with Gasteiger partial charge in [0.05, 0.1) is 33.0 Å². The Morgan fingerprint density at radius 1 is 1.04 bits per heavy atom. The van der Waals surface area contributed by atoms with E-state index in [1.165, 1.54) is 0 Å². The van der Waals surface area contributed by atoms with Crippen LogP contribution in [0.2, 0.25) is 0 Å². The van der Waals surface area contributed by atoms with Crippen LogP contribution in [0.4, 0.5) is 0 Å². The number of aromatic hydroxyl groups is 1. The summed E-state index contributed by atoms with van der Waals surface area (Å²) in [4.78, 5) is 8.78. The van der Waals surface area contributed by atoms with Gasteiger partial charge in [-0.1, -0.05) is 0 Å². The van der Waals surface area contributed by atoms with Crippen LogP contribution in [0.15, 0.2) is 0 Å². The zero-order valence-electron chi connectivity index (χ0n) is 13.9. The molecule has 2 aliphatic heterocycles. The van der Waals surface area contributed by atoms with Gasteiger partial charge in [0.2, 0.25) is 11.4 Å². The highest BCUT2D eigenvalue weighted by Gasteiger charge is 2.25. The Balaban J connectivity index is 0.00000208. The molecule has 0 atom stereocenters. The van der Waals surface area contributed by atoms with Gasteiger partial charge >= 0.3 is 5.82 Å². The third-order valence-electron chi connectivity index (χ3n) is 4.36. The molecule has 9 heteroatoms. The number of hydrogen-bond acceptors (Lipinski definition) is 7. The minimum absolute atomic E-state index is 0. The molecule has 136 valence electrons. The molecule has 3 heterocycles. The number of ether oxygens (including phenoxy) is 2. The second kappa shape index (κ2) is 8.77. The standard InChI is InChI=1S/C15H24N4O4.ClH/c1-12-15(20)13(10-17-2-6-22-7-3-17)16-14(19(12)21)11-18-4-8-23-9-5-18;/h20H,2-11H2,1H3;1H. The first-order valence-electron chi connectivity index (χ1n) is 8.06. The van der Waals surface area contributed by atoms with E-state index in [4.69, 9.17) is 9.47 Å². The highest BCUT2D eigenvalue weighted by atomic mass is 35.5. The lowest BCUT2D eigenvalue weighted by atomic mass is 10.2. The molecule has 1 aromatic rings. The molecule has 0 radical (unpaired) electrons. The number of aromatic nitrogens is 2. The molecule has 2 fully saturated rings. The Bertz CT molecular complexity index is 505. The van der Waals surface area contributed by atoms with Gasteiger partial charge in [0.15, 0.2) is 0 Å². The van der Waals surface area contributed by atoms with E-state index < -0.39 is 0 Å². The van der Waals surface area contributed by atoms with Gasteiger partial charge in [-0.2, -0.15) is 0 Å². The van der Waals surface area contributed by atoms with E-state index in [1.54, 1.807) is 6.92 Å². The summed E-state index contributed by atoms with van der Waals surface area (Å²) in [5.74, 6) is 0.433. The van der Waals surface area contributed by atoms with Crippen LogP contribution in [0.3, 0.4) is 0 Å². The van der Waals surface area contributed by atoms with Crippen molar-refractivity contribution in [1.82, 2.24) is 14.8 Å². The molecule has 0 saturated carbocycles. The lowest BCUT2D eigenvalue weighted by Gasteiger charge is -2.27. The average Bonchev–Trinajstić information content (AvgIpc) is 2.59. The largest absolute Gasteiger partial charge is 0.710 e. The van der Waals surface area contributed by atoms with Crippen LogP contribution in [-0.2, 0) is 22.6 Å². The monoisotopic (exact) mass is 360 g/mol. The predicted molar refractivity (Wildman–Crippen MR) is 89.0 cm³/mol. The molecule has 0 bridgehead atoms. The quantitative estimate of drug-likeness (QED) is 0.588. The van der Waals surface area contributed by atoms with Gasteiger partial charge in [-0.15, -0.1) is 12.4 Å². The maximum atomic E-state index is 12.3. The minimum atomic E-state index is -0.00257. The lowest BCUT2D eigenvalue weighted by Crippen LogP contribution is -2.44. The Hall–Kier alpha value is -1.19. The third-order valence-corrected chi connectivity index (χ3v) is 4.36. The zero-order chi connectivity index (χ0) is 16.2. The topological polar surface area (TPSA) is 85.0 Å². The molecule has 24 heavy (non-hydrogen) atoms. The maximum Gasteiger partial charge on any atom is 0.316 e. The van der Waals surface area contributed by atoms with Gasteiger partial charge in [-0.25, -0.2) is 4.73 Å². The molecule has 1 N–H and O–H groups in total. The number of rotatable bonds is 4. The molecule has 1 aromatic heterocycles. The fraction of sp³-hybridized carbons (Fsp3) is 0.733. The number of hydrogen-bond donors (Lipinski definition) is 1. The molecule has 0 aromatic carbocycles. The molecule has 2 saturated heterocycles. The molecule has 0 spiro atoms. The van der Waals surface area contributed by atoms with Crippen LogP contribution in [0.25, 0.3) is 0 Å². The second-order valence-electron chi connectivity index (χ2n) is 5.98. The van der Waals surface area contributed by atoms with Crippen LogP contribution in [-0.4, -0.2) is 72.5 Å². The van der Waals surface area contributed by atoms with Crippen molar-refractivity contribution in [3.05, 3.63) is 22.4 Å². The van der Waals surface area contributed by atoms with Crippen molar-refractivity contribution < 1.29 is 19.3 Å². The molecular weight excluding hydrogens is 336 g/mol. The first kappa shape index (κ1) is 19.1.